The van der Waals surface area contributed by atoms with E-state index in [0.29, 0.717) is 6.04 Å². The van der Waals surface area contributed by atoms with Crippen molar-refractivity contribution in [1.82, 2.24) is 15.5 Å². The fourth-order valence-corrected chi connectivity index (χ4v) is 2.27. The summed E-state index contributed by atoms with van der Waals surface area (Å²) in [4.78, 5) is 0. The Hall–Kier alpha value is -1.48. The largest absolute Gasteiger partial charge is 0.309 e. The molecule has 1 unspecified atom stereocenters. The maximum absolute atomic E-state index is 4.32. The van der Waals surface area contributed by atoms with Gasteiger partial charge in [0, 0.05) is 5.39 Å². The molecule has 1 aromatic carbocycles. The summed E-state index contributed by atoms with van der Waals surface area (Å²) in [6, 6.07) is 10.7. The smallest absolute Gasteiger partial charge is 0.0929 e. The second-order valence-corrected chi connectivity index (χ2v) is 4.33. The quantitative estimate of drug-likeness (QED) is 0.790. The Morgan fingerprint density at radius 3 is 2.94 bits per heavy atom. The zero-order chi connectivity index (χ0) is 10.8. The molecule has 16 heavy (non-hydrogen) atoms. The Bertz CT molecular complexity index is 489. The fourth-order valence-electron chi connectivity index (χ4n) is 2.27. The lowest BCUT2D eigenvalue weighted by atomic mass is 10.0. The van der Waals surface area contributed by atoms with Gasteiger partial charge in [0.1, 0.15) is 0 Å². The van der Waals surface area contributed by atoms with Crippen LogP contribution in [0.15, 0.2) is 30.3 Å². The van der Waals surface area contributed by atoms with Crippen LogP contribution in [0, 0.1) is 0 Å². The van der Waals surface area contributed by atoms with Crippen molar-refractivity contribution >= 4 is 10.9 Å². The van der Waals surface area contributed by atoms with Crippen molar-refractivity contribution < 1.29 is 0 Å². The van der Waals surface area contributed by atoms with E-state index in [0.717, 1.165) is 17.8 Å². The molecule has 2 aromatic rings. The van der Waals surface area contributed by atoms with Crippen LogP contribution in [-0.2, 0) is 0 Å². The van der Waals surface area contributed by atoms with E-state index in [2.05, 4.69) is 27.6 Å². The second kappa shape index (κ2) is 4.18. The molecule has 1 atom stereocenters. The fraction of sp³-hybridized carbons (Fsp3) is 0.385. The molecule has 0 amide bonds. The lowest BCUT2D eigenvalue weighted by Gasteiger charge is -2.22. The number of nitrogens with zero attached hydrogens (tertiary/aromatic N) is 2. The van der Waals surface area contributed by atoms with Crippen LogP contribution in [0.3, 0.4) is 0 Å². The number of piperidine rings is 1. The number of hydrogen-bond donors (Lipinski definition) is 1. The SMILES string of the molecule is c1ccc2nnc(C3CCCCN3)cc2c1. The summed E-state index contributed by atoms with van der Waals surface area (Å²) in [6.45, 7) is 1.10. The summed E-state index contributed by atoms with van der Waals surface area (Å²) >= 11 is 0. The summed E-state index contributed by atoms with van der Waals surface area (Å²) in [5.41, 5.74) is 2.06. The third-order valence-electron chi connectivity index (χ3n) is 3.18. The normalized spacial score (nSPS) is 21.1. The van der Waals surface area contributed by atoms with Crippen molar-refractivity contribution in [2.45, 2.75) is 25.3 Å². The molecule has 2 heterocycles. The van der Waals surface area contributed by atoms with Gasteiger partial charge in [-0.3, -0.25) is 0 Å². The van der Waals surface area contributed by atoms with Crippen molar-refractivity contribution in [2.24, 2.45) is 0 Å². The van der Waals surface area contributed by atoms with Gasteiger partial charge in [-0.25, -0.2) is 0 Å². The number of benzene rings is 1. The Balaban J connectivity index is 1.97. The van der Waals surface area contributed by atoms with Crippen molar-refractivity contribution in [2.75, 3.05) is 6.54 Å². The lowest BCUT2D eigenvalue weighted by molar-refractivity contribution is 0.403. The molecule has 1 saturated heterocycles. The highest BCUT2D eigenvalue weighted by molar-refractivity contribution is 5.77. The summed E-state index contributed by atoms with van der Waals surface area (Å²) in [5.74, 6) is 0. The van der Waals surface area contributed by atoms with Gasteiger partial charge in [0.2, 0.25) is 0 Å². The van der Waals surface area contributed by atoms with Crippen LogP contribution in [0.25, 0.3) is 10.9 Å². The van der Waals surface area contributed by atoms with Gasteiger partial charge in [-0.2, -0.15) is 10.2 Å². The van der Waals surface area contributed by atoms with Gasteiger partial charge >= 0.3 is 0 Å². The molecule has 0 spiro atoms. The Morgan fingerprint density at radius 2 is 2.06 bits per heavy atom. The van der Waals surface area contributed by atoms with Crippen LogP contribution >= 0.6 is 0 Å². The second-order valence-electron chi connectivity index (χ2n) is 4.33. The minimum Gasteiger partial charge on any atom is -0.309 e. The van der Waals surface area contributed by atoms with Crippen LogP contribution in [0.1, 0.15) is 31.0 Å². The number of hydrogen-bond acceptors (Lipinski definition) is 3. The molecule has 3 heteroatoms. The van der Waals surface area contributed by atoms with Gasteiger partial charge in [0.15, 0.2) is 0 Å². The van der Waals surface area contributed by atoms with E-state index in [1.165, 1.54) is 24.6 Å². The Labute approximate surface area is 94.9 Å². The molecule has 1 aliphatic rings. The standard InChI is InChI=1S/C13H15N3/c1-2-6-11-10(5-1)9-13(16-15-11)12-7-3-4-8-14-12/h1-2,5-6,9,12,14H,3-4,7-8H2. The van der Waals surface area contributed by atoms with Crippen molar-refractivity contribution in [3.8, 4) is 0 Å². The predicted octanol–water partition coefficient (Wildman–Crippen LogP) is 2.44. The van der Waals surface area contributed by atoms with E-state index in [-0.39, 0.29) is 0 Å². The molecule has 0 aliphatic carbocycles. The molecule has 1 fully saturated rings. The number of fused-ring (bicyclic) bond motifs is 1. The highest BCUT2D eigenvalue weighted by Crippen LogP contribution is 2.22. The van der Waals surface area contributed by atoms with Crippen LogP contribution < -0.4 is 5.32 Å². The summed E-state index contributed by atoms with van der Waals surface area (Å²) in [5, 5.41) is 13.3. The van der Waals surface area contributed by atoms with E-state index in [4.69, 9.17) is 0 Å². The topological polar surface area (TPSA) is 37.8 Å². The maximum atomic E-state index is 4.32. The van der Waals surface area contributed by atoms with Gasteiger partial charge in [-0.15, -0.1) is 0 Å². The highest BCUT2D eigenvalue weighted by Gasteiger charge is 2.16. The Kier molecular flexibility index (Phi) is 2.54. The average Bonchev–Trinajstić information content (AvgIpc) is 2.39. The molecular weight excluding hydrogens is 198 g/mol. The monoisotopic (exact) mass is 213 g/mol. The molecule has 3 rings (SSSR count). The molecule has 0 radical (unpaired) electrons. The van der Waals surface area contributed by atoms with E-state index in [1.807, 2.05) is 18.2 Å². The molecule has 0 saturated carbocycles. The lowest BCUT2D eigenvalue weighted by Crippen LogP contribution is -2.27. The van der Waals surface area contributed by atoms with E-state index < -0.39 is 0 Å². The van der Waals surface area contributed by atoms with Crippen LogP contribution in [0.5, 0.6) is 0 Å². The Morgan fingerprint density at radius 1 is 1.12 bits per heavy atom. The minimum absolute atomic E-state index is 0.394. The van der Waals surface area contributed by atoms with Crippen molar-refractivity contribution in [1.29, 1.82) is 0 Å². The van der Waals surface area contributed by atoms with Crippen LogP contribution in [-0.4, -0.2) is 16.7 Å². The molecule has 0 bridgehead atoms. The molecular formula is C13H15N3. The number of aromatic nitrogens is 2. The first kappa shape index (κ1) is 9.73. The first-order valence-electron chi connectivity index (χ1n) is 5.89. The van der Waals surface area contributed by atoms with Crippen LogP contribution in [0.4, 0.5) is 0 Å². The molecule has 82 valence electrons. The summed E-state index contributed by atoms with van der Waals surface area (Å²) in [7, 11) is 0. The van der Waals surface area contributed by atoms with Gasteiger partial charge in [-0.1, -0.05) is 24.6 Å². The van der Waals surface area contributed by atoms with Crippen molar-refractivity contribution in [3.05, 3.63) is 36.0 Å². The first-order chi connectivity index (χ1) is 7.93. The third-order valence-corrected chi connectivity index (χ3v) is 3.18. The van der Waals surface area contributed by atoms with Gasteiger partial charge < -0.3 is 5.32 Å². The van der Waals surface area contributed by atoms with Gasteiger partial charge in [0.05, 0.1) is 17.3 Å². The van der Waals surface area contributed by atoms with E-state index in [1.54, 1.807) is 0 Å². The van der Waals surface area contributed by atoms with E-state index >= 15 is 0 Å². The highest BCUT2D eigenvalue weighted by atomic mass is 15.1. The van der Waals surface area contributed by atoms with Crippen molar-refractivity contribution in [3.63, 3.8) is 0 Å². The summed E-state index contributed by atoms with van der Waals surface area (Å²) in [6.07, 6.45) is 3.73. The number of nitrogens with one attached hydrogen (secondary N) is 1. The van der Waals surface area contributed by atoms with E-state index in [9.17, 15) is 0 Å². The van der Waals surface area contributed by atoms with Crippen LogP contribution in [0.2, 0.25) is 0 Å². The third kappa shape index (κ3) is 1.78. The zero-order valence-electron chi connectivity index (χ0n) is 9.19. The zero-order valence-corrected chi connectivity index (χ0v) is 9.19. The predicted molar refractivity (Wildman–Crippen MR) is 64.1 cm³/mol. The maximum Gasteiger partial charge on any atom is 0.0929 e. The average molecular weight is 213 g/mol. The van der Waals surface area contributed by atoms with Gasteiger partial charge in [0.25, 0.3) is 0 Å². The number of rotatable bonds is 1. The molecule has 1 aromatic heterocycles. The molecule has 3 nitrogen and oxygen atoms in total. The summed E-state index contributed by atoms with van der Waals surface area (Å²) < 4.78 is 0. The van der Waals surface area contributed by atoms with Gasteiger partial charge in [-0.05, 0) is 31.5 Å². The minimum atomic E-state index is 0.394. The molecule has 1 N–H and O–H groups in total. The first-order valence-corrected chi connectivity index (χ1v) is 5.89. The molecule has 1 aliphatic heterocycles.